The van der Waals surface area contributed by atoms with Gasteiger partial charge >= 0.3 is 0 Å². The number of aromatic nitrogens is 2. The molecule has 3 heterocycles. The number of rotatable bonds is 14. The second kappa shape index (κ2) is 15.3. The molecule has 0 aliphatic carbocycles. The first-order chi connectivity index (χ1) is 24.4. The Labute approximate surface area is 308 Å². The number of fused-ring (bicyclic) bond motifs is 4. The third-order valence-corrected chi connectivity index (χ3v) is 9.70. The maximum absolute atomic E-state index is 6.34. The van der Waals surface area contributed by atoms with Gasteiger partial charge in [0.2, 0.25) is 0 Å². The van der Waals surface area contributed by atoms with Crippen molar-refractivity contribution in [1.82, 2.24) is 14.9 Å². The van der Waals surface area contributed by atoms with Gasteiger partial charge in [0.05, 0.1) is 54.2 Å². The zero-order chi connectivity index (χ0) is 34.6. The molecule has 0 aliphatic heterocycles. The first kappa shape index (κ1) is 34.2. The van der Waals surface area contributed by atoms with E-state index in [0.717, 1.165) is 116 Å². The van der Waals surface area contributed by atoms with E-state index in [1.165, 1.54) is 0 Å². The Bertz CT molecular complexity index is 2170. The second-order valence-corrected chi connectivity index (χ2v) is 13.8. The average molecular weight is 774 g/mol. The van der Waals surface area contributed by atoms with Gasteiger partial charge < -0.3 is 24.5 Å². The highest BCUT2D eigenvalue weighted by molar-refractivity contribution is 9.10. The minimum Gasteiger partial charge on any atom is -0.497 e. The van der Waals surface area contributed by atoms with Gasteiger partial charge in [-0.15, -0.1) is 0 Å². The van der Waals surface area contributed by atoms with Gasteiger partial charge in [-0.2, -0.15) is 0 Å². The summed E-state index contributed by atoms with van der Waals surface area (Å²) >= 11 is 16.1. The molecule has 0 bridgehead atoms. The minimum atomic E-state index is 0.660. The van der Waals surface area contributed by atoms with E-state index < -0.39 is 0 Å². The van der Waals surface area contributed by atoms with E-state index in [1.54, 1.807) is 14.2 Å². The average Bonchev–Trinajstić information content (AvgIpc) is 3.54. The summed E-state index contributed by atoms with van der Waals surface area (Å²) in [6, 6.07) is 27.6. The van der Waals surface area contributed by atoms with Crippen molar-refractivity contribution in [3.63, 3.8) is 0 Å². The number of nitrogens with zero attached hydrogens (tertiary/aromatic N) is 3. The van der Waals surface area contributed by atoms with Crippen molar-refractivity contribution in [3.8, 4) is 11.5 Å². The number of hydrogen-bond donors (Lipinski definition) is 2. The molecule has 0 amide bonds. The van der Waals surface area contributed by atoms with Crippen molar-refractivity contribution in [3.05, 3.63) is 105 Å². The standard InChI is InChI=1S/C39H36BrCl2N5O3/c1-48-26-7-12-33-31(21-26)38(29-10-5-24(41)19-35(29)45-33)43-15-3-17-47(23-28-9-14-37(40)50-28)18-4-16-44-39-30-11-6-25(42)20-36(30)46-34-13-8-27(49-2)22-32(34)39/h5-14,19-22H,3-4,15-18,23H2,1-2H3,(H,43,45)(H,44,46). The molecule has 0 aliphatic rings. The summed E-state index contributed by atoms with van der Waals surface area (Å²) in [4.78, 5) is 12.2. The Morgan fingerprint density at radius 1 is 0.640 bits per heavy atom. The molecule has 7 rings (SSSR count). The molecule has 0 unspecified atom stereocenters. The summed E-state index contributed by atoms with van der Waals surface area (Å²) in [5.74, 6) is 2.49. The number of anilines is 2. The topological polar surface area (TPSA) is 84.7 Å². The van der Waals surface area contributed by atoms with E-state index in [1.807, 2.05) is 84.9 Å². The highest BCUT2D eigenvalue weighted by Gasteiger charge is 2.14. The van der Waals surface area contributed by atoms with Crippen molar-refractivity contribution in [1.29, 1.82) is 0 Å². The lowest BCUT2D eigenvalue weighted by molar-refractivity contribution is 0.241. The largest absolute Gasteiger partial charge is 0.497 e. The van der Waals surface area contributed by atoms with Crippen LogP contribution in [-0.4, -0.2) is 55.3 Å². The Morgan fingerprint density at radius 2 is 1.16 bits per heavy atom. The van der Waals surface area contributed by atoms with E-state index in [4.69, 9.17) is 47.1 Å². The number of benzene rings is 4. The van der Waals surface area contributed by atoms with Crippen LogP contribution in [0.25, 0.3) is 43.6 Å². The minimum absolute atomic E-state index is 0.660. The summed E-state index contributed by atoms with van der Waals surface area (Å²) in [5.41, 5.74) is 5.54. The van der Waals surface area contributed by atoms with Crippen LogP contribution in [0.4, 0.5) is 11.4 Å². The number of halogens is 3. The van der Waals surface area contributed by atoms with Gasteiger partial charge in [-0.25, -0.2) is 9.97 Å². The summed E-state index contributed by atoms with van der Waals surface area (Å²) in [6.45, 7) is 3.99. The Morgan fingerprint density at radius 3 is 1.62 bits per heavy atom. The normalized spacial score (nSPS) is 11.6. The summed E-state index contributed by atoms with van der Waals surface area (Å²) in [6.07, 6.45) is 1.83. The Kier molecular flexibility index (Phi) is 10.5. The highest BCUT2D eigenvalue weighted by atomic mass is 79.9. The van der Waals surface area contributed by atoms with Gasteiger partial charge in [0.25, 0.3) is 0 Å². The van der Waals surface area contributed by atoms with Gasteiger partial charge in [-0.05, 0) is 114 Å². The quantitative estimate of drug-likeness (QED) is 0.0835. The molecule has 0 saturated heterocycles. The molecule has 0 atom stereocenters. The molecule has 0 saturated carbocycles. The lowest BCUT2D eigenvalue weighted by Crippen LogP contribution is -2.28. The van der Waals surface area contributed by atoms with Crippen LogP contribution in [0.2, 0.25) is 10.0 Å². The third-order valence-electron chi connectivity index (χ3n) is 8.80. The molecular formula is C39H36BrCl2N5O3. The number of ether oxygens (including phenoxy) is 2. The molecular weight excluding hydrogens is 737 g/mol. The number of pyridine rings is 2. The maximum Gasteiger partial charge on any atom is 0.169 e. The van der Waals surface area contributed by atoms with E-state index in [-0.39, 0.29) is 0 Å². The van der Waals surface area contributed by atoms with Crippen molar-refractivity contribution >= 4 is 94.1 Å². The predicted molar refractivity (Wildman–Crippen MR) is 210 cm³/mol. The zero-order valence-electron chi connectivity index (χ0n) is 27.7. The second-order valence-electron chi connectivity index (χ2n) is 12.1. The maximum atomic E-state index is 6.34. The van der Waals surface area contributed by atoms with Crippen LogP contribution >= 0.6 is 39.1 Å². The summed E-state index contributed by atoms with van der Waals surface area (Å²) < 4.78 is 17.7. The first-order valence-corrected chi connectivity index (χ1v) is 18.0. The molecule has 11 heteroatoms. The van der Waals surface area contributed by atoms with Crippen LogP contribution in [0.15, 0.2) is 94.0 Å². The first-order valence-electron chi connectivity index (χ1n) is 16.5. The predicted octanol–water partition coefficient (Wildman–Crippen LogP) is 10.6. The molecule has 4 aromatic carbocycles. The molecule has 7 aromatic rings. The molecule has 50 heavy (non-hydrogen) atoms. The highest BCUT2D eigenvalue weighted by Crippen LogP contribution is 2.36. The number of furan rings is 1. The number of methoxy groups -OCH3 is 2. The van der Waals surface area contributed by atoms with Crippen LogP contribution in [0.5, 0.6) is 11.5 Å². The zero-order valence-corrected chi connectivity index (χ0v) is 30.8. The van der Waals surface area contributed by atoms with E-state index in [9.17, 15) is 0 Å². The number of hydrogen-bond acceptors (Lipinski definition) is 8. The van der Waals surface area contributed by atoms with Gasteiger partial charge in [0, 0.05) is 57.8 Å². The van der Waals surface area contributed by atoms with Crippen LogP contribution in [0.1, 0.15) is 18.6 Å². The Balaban J connectivity index is 1.06. The fourth-order valence-corrected chi connectivity index (χ4v) is 7.06. The van der Waals surface area contributed by atoms with Crippen LogP contribution in [0, 0.1) is 0 Å². The van der Waals surface area contributed by atoms with Gasteiger partial charge in [-0.1, -0.05) is 23.2 Å². The molecule has 8 nitrogen and oxygen atoms in total. The van der Waals surface area contributed by atoms with Crippen molar-refractivity contribution < 1.29 is 13.9 Å². The van der Waals surface area contributed by atoms with Gasteiger partial charge in [0.15, 0.2) is 4.67 Å². The van der Waals surface area contributed by atoms with Gasteiger partial charge in [-0.3, -0.25) is 4.90 Å². The molecule has 0 spiro atoms. The van der Waals surface area contributed by atoms with Crippen molar-refractivity contribution in [2.75, 3.05) is 51.0 Å². The van der Waals surface area contributed by atoms with Crippen molar-refractivity contribution in [2.24, 2.45) is 0 Å². The lowest BCUT2D eigenvalue weighted by atomic mass is 10.1. The summed E-state index contributed by atoms with van der Waals surface area (Å²) in [5, 5.41) is 12.8. The molecule has 0 radical (unpaired) electrons. The number of nitrogens with one attached hydrogen (secondary N) is 2. The van der Waals surface area contributed by atoms with Gasteiger partial charge in [0.1, 0.15) is 17.3 Å². The molecule has 0 fully saturated rings. The van der Waals surface area contributed by atoms with Crippen LogP contribution in [-0.2, 0) is 6.54 Å². The lowest BCUT2D eigenvalue weighted by Gasteiger charge is -2.22. The van der Waals surface area contributed by atoms with E-state index in [0.29, 0.717) is 16.6 Å². The van der Waals surface area contributed by atoms with Crippen LogP contribution < -0.4 is 20.1 Å². The van der Waals surface area contributed by atoms with Crippen LogP contribution in [0.3, 0.4) is 0 Å². The fraction of sp³-hybridized carbons (Fsp3) is 0.231. The molecule has 256 valence electrons. The molecule has 3 aromatic heterocycles. The third kappa shape index (κ3) is 7.56. The van der Waals surface area contributed by atoms with E-state index >= 15 is 0 Å². The molecule has 2 N–H and O–H groups in total. The Hall–Kier alpha value is -4.28. The monoisotopic (exact) mass is 771 g/mol. The summed E-state index contributed by atoms with van der Waals surface area (Å²) in [7, 11) is 3.36. The SMILES string of the molecule is COc1ccc2nc3cc(Cl)ccc3c(NCCCN(CCCNc3c4ccc(Cl)cc4nc4ccc(OC)cc34)Cc3ccc(Br)o3)c2c1. The smallest absolute Gasteiger partial charge is 0.169 e. The van der Waals surface area contributed by atoms with Crippen molar-refractivity contribution in [2.45, 2.75) is 19.4 Å². The van der Waals surface area contributed by atoms with E-state index in [2.05, 4.69) is 31.5 Å². The fourth-order valence-electron chi connectivity index (χ4n) is 6.39.